The number of para-hydroxylation sites is 2. The normalized spacial score (nSPS) is 14.5. The first-order chi connectivity index (χ1) is 68.9. The maximum Gasteiger partial charge on any atom is 0.326 e. The second-order valence-corrected chi connectivity index (χ2v) is 35.9. The van der Waals surface area contributed by atoms with Crippen LogP contribution in [0.5, 0.6) is 17.2 Å². The number of nitrogens with two attached hydrogens (primary N) is 2. The lowest BCUT2D eigenvalue weighted by atomic mass is 9.96. The summed E-state index contributed by atoms with van der Waals surface area (Å²) in [6.07, 6.45) is -0.0442. The molecule has 145 heavy (non-hydrogen) atoms. The number of phenolic OH excluding ortho intramolecular Hbond substituents is 3. The number of H-pyrrole nitrogens is 3. The molecule has 5 aromatic carbocycles. The number of nitrogens with one attached hydrogen (secondary N) is 18. The number of amides is 16. The number of fused-ring (bicyclic) bond motifs is 2. The molecule has 0 radical (unpaired) electrons. The van der Waals surface area contributed by atoms with Gasteiger partial charge in [0.05, 0.1) is 44.6 Å². The van der Waals surface area contributed by atoms with E-state index < -0.39 is 280 Å². The molecule has 0 unspecified atom stereocenters. The number of primary amides is 1. The first-order valence-electron chi connectivity index (χ1n) is 46.3. The molecule has 0 aliphatic carbocycles. The van der Waals surface area contributed by atoms with Crippen molar-refractivity contribution in [2.45, 2.75) is 209 Å². The fourth-order valence-electron chi connectivity index (χ4n) is 15.2. The van der Waals surface area contributed by atoms with Gasteiger partial charge in [-0.05, 0) is 126 Å². The van der Waals surface area contributed by atoms with Crippen molar-refractivity contribution >= 4 is 146 Å². The van der Waals surface area contributed by atoms with E-state index in [1.807, 2.05) is 0 Å². The molecule has 0 saturated heterocycles. The molecule has 16 atom stereocenters. The van der Waals surface area contributed by atoms with E-state index in [1.165, 1.54) is 130 Å². The van der Waals surface area contributed by atoms with Gasteiger partial charge in [-0.3, -0.25) is 86.3 Å². The maximum absolute atomic E-state index is 15.5. The van der Waals surface area contributed by atoms with Crippen molar-refractivity contribution in [3.05, 3.63) is 180 Å². The molecule has 49 heteroatoms. The Kier molecular flexibility index (Phi) is 44.1. The third-order valence-electron chi connectivity index (χ3n) is 23.4. The van der Waals surface area contributed by atoms with Crippen molar-refractivity contribution in [1.82, 2.24) is 99.7 Å². The fraction of sp³-hybridized carbons (Fsp3) is 0.417. The predicted molar refractivity (Wildman–Crippen MR) is 522 cm³/mol. The Hall–Kier alpha value is -16.1. The minimum absolute atomic E-state index is 0.0160. The van der Waals surface area contributed by atoms with Gasteiger partial charge in [-0.15, -0.1) is 0 Å². The van der Waals surface area contributed by atoms with Crippen LogP contribution in [0.15, 0.2) is 146 Å². The third kappa shape index (κ3) is 36.2. The summed E-state index contributed by atoms with van der Waals surface area (Å²) >= 11 is 1.32. The molecule has 0 spiro atoms. The smallest absolute Gasteiger partial charge is 0.326 e. The van der Waals surface area contributed by atoms with E-state index in [0.717, 1.165) is 6.92 Å². The van der Waals surface area contributed by atoms with E-state index in [2.05, 4.69) is 99.7 Å². The van der Waals surface area contributed by atoms with Crippen molar-refractivity contribution in [3.63, 3.8) is 0 Å². The molecule has 16 amide bonds. The number of hydrogen-bond acceptors (Lipinski definition) is 27. The van der Waals surface area contributed by atoms with Crippen molar-refractivity contribution in [1.29, 1.82) is 0 Å². The molecule has 0 aliphatic heterocycles. The SMILES string of the molecule is CC[C@H](C)[C@H](NC(=O)[C@H](CCC(=O)O)NC(=O)[C@H](Cc1ccc(O)cc1)NC(=O)CNC(=O)[C@@H](N)CC(N)=O)C(=O)N[C@@H](CCC(=O)O)C(=O)N[C@@H](Cc1c[nH]c2ccccc12)C(=O)N[C@@H](Cc1ccc(O)cc1)C(=O)N[C@@H](CO)C(=O)N[C@@H](Cc1c[nH]c2ccccc12)C(=O)N[C@H](C(=O)N[C@H](C(=O)N[C@@H](Cc1cnc[nH]1)C(=O)NCC(=O)N[C@@H](CCSC)C(=O)N[C@@H](Cc1ccc(O)cc1)C(=O)O)[C@@H](C)O)C(C)C. The number of hydrogen-bond donors (Lipinski definition) is 28. The molecule has 48 nitrogen and oxygen atoms in total. The number of carboxylic acid groups (broad SMARTS) is 3. The monoisotopic (exact) mass is 2030 g/mol. The number of aromatic hydroxyl groups is 3. The van der Waals surface area contributed by atoms with Crippen LogP contribution in [0.3, 0.4) is 0 Å². The van der Waals surface area contributed by atoms with Gasteiger partial charge < -0.3 is 147 Å². The van der Waals surface area contributed by atoms with Crippen LogP contribution < -0.4 is 91.2 Å². The molecule has 0 bridgehead atoms. The summed E-state index contributed by atoms with van der Waals surface area (Å²) in [7, 11) is 0. The van der Waals surface area contributed by atoms with Gasteiger partial charge in [-0.1, -0.05) is 107 Å². The third-order valence-corrected chi connectivity index (χ3v) is 24.1. The van der Waals surface area contributed by atoms with Gasteiger partial charge in [0.1, 0.15) is 95.8 Å². The van der Waals surface area contributed by atoms with Crippen LogP contribution in [0.2, 0.25) is 0 Å². The Morgan fingerprint density at radius 2 is 0.759 bits per heavy atom. The summed E-state index contributed by atoms with van der Waals surface area (Å²) in [5.74, 6) is -23.6. The highest BCUT2D eigenvalue weighted by Gasteiger charge is 2.41. The van der Waals surface area contributed by atoms with Gasteiger partial charge in [0.25, 0.3) is 0 Å². The highest BCUT2D eigenvalue weighted by Crippen LogP contribution is 2.25. The number of carbonyl (C=O) groups is 19. The van der Waals surface area contributed by atoms with Crippen LogP contribution in [-0.4, -0.2) is 296 Å². The lowest BCUT2D eigenvalue weighted by Crippen LogP contribution is -2.63. The number of carboxylic acids is 3. The van der Waals surface area contributed by atoms with Gasteiger partial charge in [0.15, 0.2) is 0 Å². The highest BCUT2D eigenvalue weighted by atomic mass is 32.2. The topological polar surface area (TPSA) is 779 Å². The van der Waals surface area contributed by atoms with E-state index in [-0.39, 0.29) is 67.0 Å². The van der Waals surface area contributed by atoms with Crippen molar-refractivity contribution in [2.24, 2.45) is 23.3 Å². The van der Waals surface area contributed by atoms with Gasteiger partial charge in [-0.25, -0.2) is 9.78 Å². The average molecular weight is 2040 g/mol. The van der Waals surface area contributed by atoms with Crippen molar-refractivity contribution in [2.75, 3.05) is 31.7 Å². The van der Waals surface area contributed by atoms with E-state index >= 15 is 19.2 Å². The second-order valence-electron chi connectivity index (χ2n) is 35.0. The van der Waals surface area contributed by atoms with Crippen LogP contribution in [-0.2, 0) is 130 Å². The number of imidazole rings is 1. The zero-order valence-corrected chi connectivity index (χ0v) is 80.9. The van der Waals surface area contributed by atoms with E-state index in [1.54, 1.807) is 61.7 Å². The zero-order valence-electron chi connectivity index (χ0n) is 80.0. The number of phenols is 3. The molecule has 3 aromatic heterocycles. The number of aliphatic hydroxyl groups is 2. The van der Waals surface area contributed by atoms with E-state index in [4.69, 9.17) is 11.5 Å². The minimum atomic E-state index is -2.02. The molecule has 0 aliphatic rings. The summed E-state index contributed by atoms with van der Waals surface area (Å²) in [5.41, 5.74) is 14.1. The van der Waals surface area contributed by atoms with Crippen molar-refractivity contribution < 1.29 is 132 Å². The lowest BCUT2D eigenvalue weighted by molar-refractivity contribution is -0.142. The average Bonchev–Trinajstić information content (AvgIpc) is 1.65. The number of aromatic nitrogens is 4. The van der Waals surface area contributed by atoms with Gasteiger partial charge in [0.2, 0.25) is 94.5 Å². The summed E-state index contributed by atoms with van der Waals surface area (Å²) in [6.45, 7) is 4.39. The number of nitrogens with zero attached hydrogens (tertiary/aromatic N) is 1. The summed E-state index contributed by atoms with van der Waals surface area (Å²) < 4.78 is 0. The highest BCUT2D eigenvalue weighted by molar-refractivity contribution is 7.98. The van der Waals surface area contributed by atoms with Crippen LogP contribution >= 0.6 is 11.8 Å². The molecular formula is C96H123N21O27S. The summed E-state index contributed by atoms with van der Waals surface area (Å²) in [6, 6.07) is 5.85. The molecule has 0 fully saturated rings. The van der Waals surface area contributed by atoms with Crippen molar-refractivity contribution in [3.8, 4) is 17.2 Å². The summed E-state index contributed by atoms with van der Waals surface area (Å²) in [5, 5.41) is 121. The number of carbonyl (C=O) groups excluding carboxylic acids is 16. The Morgan fingerprint density at radius 1 is 0.400 bits per heavy atom. The minimum Gasteiger partial charge on any atom is -0.508 e. The predicted octanol–water partition coefficient (Wildman–Crippen LogP) is -3.37. The lowest BCUT2D eigenvalue weighted by Gasteiger charge is -2.30. The molecule has 8 aromatic rings. The van der Waals surface area contributed by atoms with Crippen LogP contribution in [0.25, 0.3) is 21.8 Å². The summed E-state index contributed by atoms with van der Waals surface area (Å²) in [4.78, 5) is 278. The van der Waals surface area contributed by atoms with E-state index in [9.17, 15) is 113 Å². The Morgan fingerprint density at radius 3 is 1.19 bits per heavy atom. The number of aliphatic carboxylic acids is 3. The zero-order chi connectivity index (χ0) is 106. The van der Waals surface area contributed by atoms with Crippen LogP contribution in [0, 0.1) is 11.8 Å². The van der Waals surface area contributed by atoms with Crippen LogP contribution in [0.1, 0.15) is 113 Å². The second kappa shape index (κ2) is 56.0. The first-order valence-corrected chi connectivity index (χ1v) is 47.7. The Bertz CT molecular complexity index is 5860. The Labute approximate surface area is 834 Å². The number of aliphatic hydroxyl groups excluding tert-OH is 2. The van der Waals surface area contributed by atoms with Crippen LogP contribution in [0.4, 0.5) is 0 Å². The van der Waals surface area contributed by atoms with Gasteiger partial charge in [0, 0.05) is 97.5 Å². The largest absolute Gasteiger partial charge is 0.508 e. The molecule has 30 N–H and O–H groups in total. The number of rotatable bonds is 59. The van der Waals surface area contributed by atoms with Gasteiger partial charge in [-0.2, -0.15) is 11.8 Å². The molecule has 780 valence electrons. The maximum atomic E-state index is 15.5. The number of benzene rings is 5. The standard InChI is InChI=1S/C96H123N21O27S/c1-7-49(4)81(116-87(134)66(29-31-79(128)129)107-88(135)68(34-51-16-22-57(120)23-17-51)106-77(125)44-102-83(130)62(97)40-75(98)123)94(141)108-65(28-30-78(126)127)85(132)110-70(37-54-41-100-63-14-10-8-12-60(54)63)90(137)109-69(35-52-18-24-58(121)25-19-52)89(136)114-74(46-118)92(139)111-71(38-55-42-101-64-15-11-9-13-61(55)64)91(138)115-80(48(2)3)93(140)117-82(50(5)119)95(142)112-72(39-56-43-99-47-104-56)84(131)103-45-76(124)105-67(32-33-145-6)86(133)113-73(96(143)144)36-53-20-26-59(122)27-21-53/h8-27,41-43,47-50,62,65-74,80-82,100-101,118-122H,7,28-40,44-46,97H2,1-6H3,(H2,98,123)(H,99,104)(H,102,130)(H,103,131)(H,105,124)(H,106,125)(H,107,135)(H,108,141)(H,109,137)(H,110,132)(H,111,139)(H,112,142)(H,113,133)(H,114,136)(H,115,138)(H,116,134)(H,117,140)(H,126,127)(H,128,129)(H,143,144)/t49-,50+,62-,65-,66-,67-,68-,69-,70-,71-,72-,73-,74-,80-,81-,82-/m0/s1. The molecule has 3 heterocycles. The fourth-order valence-corrected chi connectivity index (χ4v) is 15.7. The molecule has 0 saturated carbocycles. The molecule has 8 rings (SSSR count). The number of aromatic amines is 3. The quantitative estimate of drug-likeness (QED) is 0.0177. The van der Waals surface area contributed by atoms with E-state index in [0.29, 0.717) is 49.8 Å². The first kappa shape index (κ1) is 114. The number of thioether (sulfide) groups is 1. The molecular weight excluding hydrogens is 1910 g/mol. The van der Waals surface area contributed by atoms with Gasteiger partial charge >= 0.3 is 17.9 Å². The Balaban J connectivity index is 1.01.